The number of rotatable bonds is 2. The van der Waals surface area contributed by atoms with Gasteiger partial charge in [0.2, 0.25) is 0 Å². The molecule has 0 unspecified atom stereocenters. The molecule has 2 aromatic rings. The predicted octanol–water partition coefficient (Wildman–Crippen LogP) is 3.15. The SMILES string of the molecule is CC(=O)c1cnc(-c2ccc(F)cc2)s1. The van der Waals surface area contributed by atoms with Gasteiger partial charge < -0.3 is 0 Å². The Morgan fingerprint density at radius 2 is 2.00 bits per heavy atom. The molecule has 0 saturated heterocycles. The van der Waals surface area contributed by atoms with Crippen LogP contribution in [0.15, 0.2) is 30.5 Å². The molecule has 0 aliphatic rings. The summed E-state index contributed by atoms with van der Waals surface area (Å²) in [6.45, 7) is 1.50. The fraction of sp³-hybridized carbons (Fsp3) is 0.0909. The van der Waals surface area contributed by atoms with Crippen molar-refractivity contribution >= 4 is 17.1 Å². The number of Topliss-reactive ketones (excluding diaryl/α,β-unsaturated/α-hetero) is 1. The summed E-state index contributed by atoms with van der Waals surface area (Å²) < 4.78 is 12.7. The van der Waals surface area contributed by atoms with Crippen molar-refractivity contribution in [3.8, 4) is 10.6 Å². The summed E-state index contributed by atoms with van der Waals surface area (Å²) in [6.07, 6.45) is 1.55. The maximum Gasteiger partial charge on any atom is 0.171 e. The minimum atomic E-state index is -0.276. The maximum atomic E-state index is 12.7. The normalized spacial score (nSPS) is 10.3. The second kappa shape index (κ2) is 3.90. The highest BCUT2D eigenvalue weighted by molar-refractivity contribution is 7.16. The molecule has 15 heavy (non-hydrogen) atoms. The van der Waals surface area contributed by atoms with E-state index in [1.165, 1.54) is 30.4 Å². The van der Waals surface area contributed by atoms with E-state index in [9.17, 15) is 9.18 Å². The van der Waals surface area contributed by atoms with Gasteiger partial charge in [-0.2, -0.15) is 0 Å². The highest BCUT2D eigenvalue weighted by atomic mass is 32.1. The summed E-state index contributed by atoms with van der Waals surface area (Å²) in [4.78, 5) is 15.8. The first-order valence-corrected chi connectivity index (χ1v) is 5.21. The number of benzene rings is 1. The highest BCUT2D eigenvalue weighted by Gasteiger charge is 2.07. The lowest BCUT2D eigenvalue weighted by Gasteiger charge is -1.94. The molecule has 1 aromatic heterocycles. The van der Waals surface area contributed by atoms with E-state index in [-0.39, 0.29) is 11.6 Å². The van der Waals surface area contributed by atoms with Crippen molar-refractivity contribution in [3.63, 3.8) is 0 Å². The van der Waals surface area contributed by atoms with Gasteiger partial charge in [0, 0.05) is 18.7 Å². The van der Waals surface area contributed by atoms with Crippen molar-refractivity contribution in [1.29, 1.82) is 0 Å². The fourth-order valence-electron chi connectivity index (χ4n) is 1.16. The molecule has 0 bridgehead atoms. The summed E-state index contributed by atoms with van der Waals surface area (Å²) >= 11 is 1.32. The van der Waals surface area contributed by atoms with Crippen molar-refractivity contribution in [2.75, 3.05) is 0 Å². The Morgan fingerprint density at radius 1 is 1.33 bits per heavy atom. The molecule has 0 amide bonds. The third-order valence-electron chi connectivity index (χ3n) is 1.94. The van der Waals surface area contributed by atoms with E-state index in [0.29, 0.717) is 4.88 Å². The van der Waals surface area contributed by atoms with Gasteiger partial charge in [0.15, 0.2) is 5.78 Å². The minimum absolute atomic E-state index is 0.000798. The number of hydrogen-bond donors (Lipinski definition) is 0. The van der Waals surface area contributed by atoms with Crippen molar-refractivity contribution in [2.45, 2.75) is 6.92 Å². The molecular weight excluding hydrogens is 213 g/mol. The number of nitrogens with zero attached hydrogens (tertiary/aromatic N) is 1. The fourth-order valence-corrected chi connectivity index (χ4v) is 1.98. The van der Waals surface area contributed by atoms with Crippen LogP contribution in [0.4, 0.5) is 4.39 Å². The molecule has 76 valence electrons. The van der Waals surface area contributed by atoms with Gasteiger partial charge in [-0.15, -0.1) is 11.3 Å². The van der Waals surface area contributed by atoms with E-state index in [2.05, 4.69) is 4.98 Å². The smallest absolute Gasteiger partial charge is 0.171 e. The largest absolute Gasteiger partial charge is 0.294 e. The van der Waals surface area contributed by atoms with Crippen LogP contribution in [-0.2, 0) is 0 Å². The van der Waals surface area contributed by atoms with Gasteiger partial charge in [-0.1, -0.05) is 0 Å². The Morgan fingerprint density at radius 3 is 2.53 bits per heavy atom. The van der Waals surface area contributed by atoms with Crippen LogP contribution in [0.5, 0.6) is 0 Å². The average molecular weight is 221 g/mol. The van der Waals surface area contributed by atoms with E-state index in [1.54, 1.807) is 18.3 Å². The lowest BCUT2D eigenvalue weighted by molar-refractivity contribution is 0.102. The molecule has 1 heterocycles. The zero-order valence-electron chi connectivity index (χ0n) is 8.03. The van der Waals surface area contributed by atoms with Crippen molar-refractivity contribution in [3.05, 3.63) is 41.2 Å². The van der Waals surface area contributed by atoms with E-state index in [4.69, 9.17) is 0 Å². The molecule has 0 aliphatic carbocycles. The molecule has 0 saturated carbocycles. The Kier molecular flexibility index (Phi) is 2.60. The lowest BCUT2D eigenvalue weighted by atomic mass is 10.2. The van der Waals surface area contributed by atoms with Crippen LogP contribution in [0.25, 0.3) is 10.6 Å². The number of thiazole rings is 1. The van der Waals surface area contributed by atoms with Gasteiger partial charge in [0.25, 0.3) is 0 Å². The molecule has 4 heteroatoms. The van der Waals surface area contributed by atoms with E-state index >= 15 is 0 Å². The zero-order valence-corrected chi connectivity index (χ0v) is 8.84. The molecule has 0 spiro atoms. The Bertz CT molecular complexity index is 490. The predicted molar refractivity (Wildman–Crippen MR) is 57.5 cm³/mol. The summed E-state index contributed by atoms with van der Waals surface area (Å²) in [7, 11) is 0. The first-order chi connectivity index (χ1) is 7.16. The number of halogens is 1. The first-order valence-electron chi connectivity index (χ1n) is 4.39. The second-order valence-corrected chi connectivity index (χ2v) is 4.12. The summed E-state index contributed by atoms with van der Waals surface area (Å²) in [5.74, 6) is -0.275. The van der Waals surface area contributed by atoms with Crippen LogP contribution >= 0.6 is 11.3 Å². The molecule has 0 fully saturated rings. The number of ketones is 1. The van der Waals surface area contributed by atoms with Gasteiger partial charge >= 0.3 is 0 Å². The lowest BCUT2D eigenvalue weighted by Crippen LogP contribution is -1.83. The van der Waals surface area contributed by atoms with E-state index in [1.807, 2.05) is 0 Å². The minimum Gasteiger partial charge on any atom is -0.294 e. The average Bonchev–Trinajstić information content (AvgIpc) is 2.68. The van der Waals surface area contributed by atoms with Crippen LogP contribution in [0, 0.1) is 5.82 Å². The summed E-state index contributed by atoms with van der Waals surface area (Å²) in [5.41, 5.74) is 0.828. The van der Waals surface area contributed by atoms with Gasteiger partial charge in [-0.25, -0.2) is 9.37 Å². The van der Waals surface area contributed by atoms with Gasteiger partial charge in [-0.05, 0) is 24.3 Å². The molecule has 0 atom stereocenters. The highest BCUT2D eigenvalue weighted by Crippen LogP contribution is 2.25. The number of carbonyl (C=O) groups is 1. The van der Waals surface area contributed by atoms with Crippen molar-refractivity contribution in [2.24, 2.45) is 0 Å². The Balaban J connectivity index is 2.37. The maximum absolute atomic E-state index is 12.7. The first kappa shape index (κ1) is 9.98. The Hall–Kier alpha value is -1.55. The van der Waals surface area contributed by atoms with Crippen LogP contribution in [-0.4, -0.2) is 10.8 Å². The third-order valence-corrected chi connectivity index (χ3v) is 3.09. The van der Waals surface area contributed by atoms with Crippen molar-refractivity contribution in [1.82, 2.24) is 4.98 Å². The molecule has 2 rings (SSSR count). The van der Waals surface area contributed by atoms with Gasteiger partial charge in [-0.3, -0.25) is 4.79 Å². The molecule has 0 aliphatic heterocycles. The number of hydrogen-bond acceptors (Lipinski definition) is 3. The van der Waals surface area contributed by atoms with Crippen LogP contribution in [0.2, 0.25) is 0 Å². The van der Waals surface area contributed by atoms with E-state index in [0.717, 1.165) is 10.6 Å². The molecule has 0 radical (unpaired) electrons. The quantitative estimate of drug-likeness (QED) is 0.729. The second-order valence-electron chi connectivity index (χ2n) is 3.09. The molecule has 0 N–H and O–H groups in total. The van der Waals surface area contributed by atoms with Crippen LogP contribution in [0.1, 0.15) is 16.6 Å². The van der Waals surface area contributed by atoms with E-state index < -0.39 is 0 Å². The molecule has 2 nitrogen and oxygen atoms in total. The monoisotopic (exact) mass is 221 g/mol. The van der Waals surface area contributed by atoms with Crippen molar-refractivity contribution < 1.29 is 9.18 Å². The number of carbonyl (C=O) groups excluding carboxylic acids is 1. The third kappa shape index (κ3) is 2.10. The topological polar surface area (TPSA) is 30.0 Å². The zero-order chi connectivity index (χ0) is 10.8. The summed E-state index contributed by atoms with van der Waals surface area (Å²) in [6, 6.07) is 6.06. The standard InChI is InChI=1S/C11H8FNOS/c1-7(14)10-6-13-11(15-10)8-2-4-9(12)5-3-8/h2-6H,1H3. The van der Waals surface area contributed by atoms with Crippen LogP contribution < -0.4 is 0 Å². The summed E-state index contributed by atoms with van der Waals surface area (Å²) in [5, 5.41) is 0.736. The Labute approximate surface area is 90.4 Å². The van der Waals surface area contributed by atoms with Crippen LogP contribution in [0.3, 0.4) is 0 Å². The molecular formula is C11H8FNOS. The van der Waals surface area contributed by atoms with Gasteiger partial charge in [0.1, 0.15) is 10.8 Å². The molecule has 1 aromatic carbocycles. The van der Waals surface area contributed by atoms with Gasteiger partial charge in [0.05, 0.1) is 4.88 Å². The number of aromatic nitrogens is 1.